The second kappa shape index (κ2) is 45.6. The van der Waals surface area contributed by atoms with E-state index in [1.54, 1.807) is 0 Å². The van der Waals surface area contributed by atoms with Gasteiger partial charge in [0.15, 0.2) is 12.1 Å². The number of esters is 2. The maximum atomic E-state index is 12.8. The van der Waals surface area contributed by atoms with Crippen LogP contribution in [0.3, 0.4) is 0 Å². The van der Waals surface area contributed by atoms with Gasteiger partial charge in [0.05, 0.1) is 34.4 Å². The van der Waals surface area contributed by atoms with Crippen LogP contribution < -0.4 is 0 Å². The van der Waals surface area contributed by atoms with Crippen molar-refractivity contribution in [1.29, 1.82) is 0 Å². The number of carbonyl (C=O) groups excluding carboxylic acids is 2. The van der Waals surface area contributed by atoms with E-state index in [1.165, 1.54) is 103 Å². The number of carboxylic acids is 1. The molecule has 0 aromatic rings. The normalized spacial score (nSPS) is 13.3. The van der Waals surface area contributed by atoms with Crippen molar-refractivity contribution in [1.82, 2.24) is 0 Å². The molecule has 1 N–H and O–H groups in total. The minimum atomic E-state index is -0.878. The highest BCUT2D eigenvalue weighted by atomic mass is 16.6. The van der Waals surface area contributed by atoms with Crippen LogP contribution in [0.1, 0.15) is 219 Å². The molecule has 0 spiro atoms. The summed E-state index contributed by atoms with van der Waals surface area (Å²) in [6, 6.07) is -0.620. The van der Waals surface area contributed by atoms with E-state index in [0.29, 0.717) is 19.3 Å². The molecule has 0 aliphatic carbocycles. The van der Waals surface area contributed by atoms with Crippen LogP contribution in [0, 0.1) is 0 Å². The molecular weight excluding hydrogens is 787 g/mol. The lowest BCUT2D eigenvalue weighted by Gasteiger charge is -2.31. The fourth-order valence-corrected chi connectivity index (χ4v) is 7.47. The Morgan fingerprint density at radius 2 is 0.889 bits per heavy atom. The zero-order valence-electron chi connectivity index (χ0n) is 41.5. The lowest BCUT2D eigenvalue weighted by molar-refractivity contribution is -0.887. The number of aliphatic carboxylic acids is 1. The van der Waals surface area contributed by atoms with Gasteiger partial charge in [-0.1, -0.05) is 203 Å². The summed E-state index contributed by atoms with van der Waals surface area (Å²) >= 11 is 0. The van der Waals surface area contributed by atoms with Gasteiger partial charge >= 0.3 is 17.9 Å². The molecule has 0 fully saturated rings. The van der Waals surface area contributed by atoms with Gasteiger partial charge in [-0.05, 0) is 57.8 Å². The predicted octanol–water partition coefficient (Wildman–Crippen LogP) is 14.9. The molecule has 0 amide bonds. The van der Waals surface area contributed by atoms with Gasteiger partial charge in [-0.3, -0.25) is 9.59 Å². The van der Waals surface area contributed by atoms with Gasteiger partial charge in [-0.15, -0.1) is 0 Å². The maximum absolute atomic E-state index is 12.8. The molecule has 0 heterocycles. The summed E-state index contributed by atoms with van der Waals surface area (Å²) in [6.07, 6.45) is 57.0. The van der Waals surface area contributed by atoms with Crippen LogP contribution in [0.5, 0.6) is 0 Å². The van der Waals surface area contributed by atoms with Crippen molar-refractivity contribution < 1.29 is 38.2 Å². The number of unbranched alkanes of at least 4 members (excludes halogenated alkanes) is 22. The molecule has 0 aliphatic rings. The zero-order chi connectivity index (χ0) is 46.3. The average Bonchev–Trinajstić information content (AvgIpc) is 3.24. The van der Waals surface area contributed by atoms with E-state index in [-0.39, 0.29) is 36.2 Å². The highest BCUT2D eigenvalue weighted by Gasteiger charge is 2.31. The number of likely N-dealkylation sites (N-methyl/N-ethyl adjacent to an activating group) is 1. The Morgan fingerprint density at radius 1 is 0.492 bits per heavy atom. The molecule has 0 aromatic carbocycles. The molecule has 2 atom stereocenters. The minimum absolute atomic E-state index is 0.0531. The number of carboxylic acid groups (broad SMARTS) is 1. The maximum Gasteiger partial charge on any atom is 0.362 e. The number of quaternary nitrogens is 1. The first-order valence-corrected chi connectivity index (χ1v) is 25.8. The third-order valence-corrected chi connectivity index (χ3v) is 11.4. The smallest absolute Gasteiger partial charge is 0.362 e. The average molecular weight is 885 g/mol. The molecule has 0 saturated carbocycles. The molecule has 0 radical (unpaired) electrons. The van der Waals surface area contributed by atoms with E-state index in [2.05, 4.69) is 74.6 Å². The van der Waals surface area contributed by atoms with Crippen molar-refractivity contribution in [3.63, 3.8) is 0 Å². The van der Waals surface area contributed by atoms with E-state index in [9.17, 15) is 19.5 Å². The van der Waals surface area contributed by atoms with Gasteiger partial charge in [0.25, 0.3) is 0 Å². The molecule has 63 heavy (non-hydrogen) atoms. The molecule has 0 bridgehead atoms. The quantitative estimate of drug-likeness (QED) is 0.0281. The third kappa shape index (κ3) is 44.0. The summed E-state index contributed by atoms with van der Waals surface area (Å²) in [5.74, 6) is -1.49. The summed E-state index contributed by atoms with van der Waals surface area (Å²) < 4.78 is 17.3. The van der Waals surface area contributed by atoms with Crippen molar-refractivity contribution >= 4 is 17.9 Å². The fraction of sp³-hybridized carbons (Fsp3) is 0.764. The van der Waals surface area contributed by atoms with Gasteiger partial charge in [-0.25, -0.2) is 4.79 Å². The Balaban J connectivity index is 4.29. The number of ether oxygens (including phenoxy) is 3. The molecule has 8 heteroatoms. The van der Waals surface area contributed by atoms with Crippen LogP contribution in [0.2, 0.25) is 0 Å². The molecule has 8 nitrogen and oxygen atoms in total. The second-order valence-electron chi connectivity index (χ2n) is 18.4. The zero-order valence-corrected chi connectivity index (χ0v) is 41.5. The molecule has 0 saturated heterocycles. The van der Waals surface area contributed by atoms with E-state index in [1.807, 2.05) is 21.1 Å². The van der Waals surface area contributed by atoms with Crippen LogP contribution in [0.15, 0.2) is 60.8 Å². The molecule has 0 rings (SSSR count). The number of hydrogen-bond acceptors (Lipinski definition) is 6. The summed E-state index contributed by atoms with van der Waals surface area (Å²) in [4.78, 5) is 37.2. The molecular formula is C55H98NO7+. The van der Waals surface area contributed by atoms with E-state index in [4.69, 9.17) is 14.2 Å². The van der Waals surface area contributed by atoms with E-state index >= 15 is 0 Å². The van der Waals surface area contributed by atoms with Crippen LogP contribution in [-0.4, -0.2) is 80.6 Å². The van der Waals surface area contributed by atoms with Crippen LogP contribution in [0.4, 0.5) is 0 Å². The number of rotatable bonds is 46. The van der Waals surface area contributed by atoms with Crippen LogP contribution in [-0.2, 0) is 28.6 Å². The number of carbonyl (C=O) groups is 3. The Bertz CT molecular complexity index is 1210. The van der Waals surface area contributed by atoms with Gasteiger partial charge < -0.3 is 23.8 Å². The Hall–Kier alpha value is -2.97. The van der Waals surface area contributed by atoms with Crippen LogP contribution in [0.25, 0.3) is 0 Å². The summed E-state index contributed by atoms with van der Waals surface area (Å²) in [5.41, 5.74) is 0. The fourth-order valence-electron chi connectivity index (χ4n) is 7.47. The number of hydrogen-bond donors (Lipinski definition) is 1. The summed E-state index contributed by atoms with van der Waals surface area (Å²) in [6.45, 7) is 4.62. The second-order valence-corrected chi connectivity index (χ2v) is 18.4. The van der Waals surface area contributed by atoms with Crippen molar-refractivity contribution in [3.05, 3.63) is 60.8 Å². The molecule has 364 valence electrons. The lowest BCUT2D eigenvalue weighted by atomic mass is 10.0. The van der Waals surface area contributed by atoms with Crippen molar-refractivity contribution in [2.24, 2.45) is 0 Å². The summed E-state index contributed by atoms with van der Waals surface area (Å²) in [7, 11) is 5.53. The topological polar surface area (TPSA) is 99.1 Å². The largest absolute Gasteiger partial charge is 0.477 e. The first-order valence-electron chi connectivity index (χ1n) is 25.8. The van der Waals surface area contributed by atoms with Crippen LogP contribution >= 0.6 is 0 Å². The SMILES string of the molecule is CC/C=C/C/C=C/C/C=C/C/C=C/C/C=C/CCCCCCC(=O)OCC(COCCC(C(=O)O)[N+](C)(C)C)OC(=O)CCCCCCCCCCCCCCCCCCCCC. The number of nitrogens with zero attached hydrogens (tertiary/aromatic N) is 1. The van der Waals surface area contributed by atoms with Gasteiger partial charge in [0.2, 0.25) is 0 Å². The van der Waals surface area contributed by atoms with E-state index < -0.39 is 18.1 Å². The van der Waals surface area contributed by atoms with Gasteiger partial charge in [-0.2, -0.15) is 0 Å². The third-order valence-electron chi connectivity index (χ3n) is 11.4. The van der Waals surface area contributed by atoms with Crippen molar-refractivity contribution in [2.75, 3.05) is 41.0 Å². The Kier molecular flexibility index (Phi) is 43.4. The predicted molar refractivity (Wildman–Crippen MR) is 266 cm³/mol. The van der Waals surface area contributed by atoms with Crippen molar-refractivity contribution in [3.8, 4) is 0 Å². The van der Waals surface area contributed by atoms with E-state index in [0.717, 1.165) is 83.5 Å². The van der Waals surface area contributed by atoms with Gasteiger partial charge in [0, 0.05) is 19.3 Å². The standard InChI is InChI=1S/C55H97NO7/c1-6-8-10-12-14-16-18-20-22-24-26-28-29-31-33-35-37-39-41-43-45-53(57)62-50-51(49-61-48-47-52(55(59)60)56(3,4)5)63-54(58)46-44-42-40-38-36-34-32-30-27-25-23-21-19-17-15-13-11-9-7-2/h8,10,14,16,20,22,26,28,31,33,51-52H,6-7,9,11-13,15,17-19,21,23-25,27,29-30,32,34-50H2,1-5H3/p+1/b10-8+,16-14+,22-20+,28-26+,33-31+. The Labute approximate surface area is 388 Å². The highest BCUT2D eigenvalue weighted by Crippen LogP contribution is 2.16. The number of allylic oxidation sites excluding steroid dienone is 10. The monoisotopic (exact) mass is 885 g/mol. The Morgan fingerprint density at radius 3 is 1.32 bits per heavy atom. The molecule has 0 aliphatic heterocycles. The lowest BCUT2D eigenvalue weighted by Crippen LogP contribution is -2.50. The molecule has 2 unspecified atom stereocenters. The first kappa shape index (κ1) is 60.0. The first-order chi connectivity index (χ1) is 30.6. The minimum Gasteiger partial charge on any atom is -0.477 e. The van der Waals surface area contributed by atoms with Crippen molar-refractivity contribution in [2.45, 2.75) is 231 Å². The summed E-state index contributed by atoms with van der Waals surface area (Å²) in [5, 5.41) is 9.65. The van der Waals surface area contributed by atoms with Gasteiger partial charge in [0.1, 0.15) is 6.61 Å². The molecule has 0 aromatic heterocycles. The highest BCUT2D eigenvalue weighted by molar-refractivity contribution is 5.72.